The first-order valence-corrected chi connectivity index (χ1v) is 8.44. The molecule has 2 heterocycles. The van der Waals surface area contributed by atoms with Crippen molar-refractivity contribution >= 4 is 56.5 Å². The summed E-state index contributed by atoms with van der Waals surface area (Å²) < 4.78 is 0.854. The summed E-state index contributed by atoms with van der Waals surface area (Å²) in [4.78, 5) is 25.8. The van der Waals surface area contributed by atoms with E-state index in [4.69, 9.17) is 28.3 Å². The van der Waals surface area contributed by atoms with Crippen molar-refractivity contribution < 1.29 is 14.7 Å². The highest BCUT2D eigenvalue weighted by Crippen LogP contribution is 2.37. The van der Waals surface area contributed by atoms with Gasteiger partial charge in [-0.2, -0.15) is 0 Å². The van der Waals surface area contributed by atoms with E-state index < -0.39 is 11.9 Å². The van der Waals surface area contributed by atoms with Crippen molar-refractivity contribution in [1.82, 2.24) is 4.90 Å². The number of likely N-dealkylation sites (tertiary alicyclic amines) is 1. The van der Waals surface area contributed by atoms with Crippen molar-refractivity contribution in [1.29, 1.82) is 0 Å². The van der Waals surface area contributed by atoms with Crippen molar-refractivity contribution in [3.8, 4) is 0 Å². The average Bonchev–Trinajstić information content (AvgIpc) is 2.83. The quantitative estimate of drug-likeness (QED) is 0.878. The maximum absolute atomic E-state index is 12.7. The molecule has 1 saturated heterocycles. The van der Waals surface area contributed by atoms with Crippen LogP contribution >= 0.6 is 34.5 Å². The van der Waals surface area contributed by atoms with E-state index in [1.165, 1.54) is 11.3 Å². The molecule has 22 heavy (non-hydrogen) atoms. The molecular weight excluding hydrogens is 345 g/mol. The Morgan fingerprint density at radius 1 is 1.32 bits per heavy atom. The molecule has 0 aliphatic carbocycles. The predicted molar refractivity (Wildman–Crippen MR) is 88.1 cm³/mol. The molecule has 0 radical (unpaired) electrons. The zero-order valence-electron chi connectivity index (χ0n) is 11.5. The van der Waals surface area contributed by atoms with Gasteiger partial charge in [-0.3, -0.25) is 9.59 Å². The van der Waals surface area contributed by atoms with Crippen molar-refractivity contribution in [2.75, 3.05) is 13.1 Å². The lowest BCUT2D eigenvalue weighted by atomic mass is 9.98. The van der Waals surface area contributed by atoms with E-state index in [1.807, 2.05) is 0 Å². The number of hydrogen-bond acceptors (Lipinski definition) is 3. The Balaban J connectivity index is 1.91. The second-order valence-corrected chi connectivity index (χ2v) is 7.18. The summed E-state index contributed by atoms with van der Waals surface area (Å²) in [7, 11) is 0. The van der Waals surface area contributed by atoms with Crippen molar-refractivity contribution in [2.45, 2.75) is 12.8 Å². The Hall–Kier alpha value is -1.30. The minimum absolute atomic E-state index is 0.201. The number of nitrogens with zero attached hydrogens (tertiary/aromatic N) is 1. The SMILES string of the molecule is O=C(O)[C@@H]1CCCN(C(=O)c2sc3cc(Cl)ccc3c2Cl)C1. The fourth-order valence-electron chi connectivity index (χ4n) is 2.68. The number of rotatable bonds is 2. The van der Waals surface area contributed by atoms with Gasteiger partial charge in [-0.05, 0) is 25.0 Å². The molecule has 0 bridgehead atoms. The van der Waals surface area contributed by atoms with E-state index >= 15 is 0 Å². The van der Waals surface area contributed by atoms with E-state index in [2.05, 4.69) is 0 Å². The zero-order valence-corrected chi connectivity index (χ0v) is 13.8. The summed E-state index contributed by atoms with van der Waals surface area (Å²) in [6, 6.07) is 5.31. The van der Waals surface area contributed by atoms with Crippen molar-refractivity contribution in [3.63, 3.8) is 0 Å². The zero-order chi connectivity index (χ0) is 15.9. The van der Waals surface area contributed by atoms with Crippen molar-refractivity contribution in [2.24, 2.45) is 5.92 Å². The van der Waals surface area contributed by atoms with Gasteiger partial charge in [0, 0.05) is 28.2 Å². The summed E-state index contributed by atoms with van der Waals surface area (Å²) >= 11 is 13.6. The Morgan fingerprint density at radius 3 is 2.82 bits per heavy atom. The molecule has 2 aromatic rings. The maximum Gasteiger partial charge on any atom is 0.308 e. The van der Waals surface area contributed by atoms with Crippen LogP contribution in [0.3, 0.4) is 0 Å². The number of hydrogen-bond donors (Lipinski definition) is 1. The molecule has 3 rings (SSSR count). The van der Waals surface area contributed by atoms with Crippen LogP contribution in [0.5, 0.6) is 0 Å². The second kappa shape index (κ2) is 6.07. The highest BCUT2D eigenvalue weighted by Gasteiger charge is 2.30. The number of carbonyl (C=O) groups is 2. The lowest BCUT2D eigenvalue weighted by molar-refractivity contribution is -0.143. The van der Waals surface area contributed by atoms with Gasteiger partial charge in [0.25, 0.3) is 5.91 Å². The van der Waals surface area contributed by atoms with Crippen LogP contribution in [0.1, 0.15) is 22.5 Å². The first-order chi connectivity index (χ1) is 10.5. The third kappa shape index (κ3) is 2.81. The van der Waals surface area contributed by atoms with Gasteiger partial charge >= 0.3 is 5.97 Å². The minimum Gasteiger partial charge on any atom is -0.481 e. The number of carboxylic acids is 1. The summed E-state index contributed by atoms with van der Waals surface area (Å²) in [6.45, 7) is 0.799. The highest BCUT2D eigenvalue weighted by atomic mass is 35.5. The molecule has 4 nitrogen and oxygen atoms in total. The van der Waals surface area contributed by atoms with Crippen LogP contribution in [0.25, 0.3) is 10.1 Å². The Labute approximate surface area is 141 Å². The van der Waals surface area contributed by atoms with Crippen LogP contribution in [-0.4, -0.2) is 35.0 Å². The molecule has 0 spiro atoms. The van der Waals surface area contributed by atoms with Gasteiger partial charge in [0.05, 0.1) is 10.9 Å². The molecule has 116 valence electrons. The predicted octanol–water partition coefficient (Wildman–Crippen LogP) is 4.14. The molecule has 1 atom stereocenters. The van der Waals surface area contributed by atoms with Gasteiger partial charge in [-0.15, -0.1) is 11.3 Å². The van der Waals surface area contributed by atoms with E-state index in [9.17, 15) is 9.59 Å². The number of aliphatic carboxylic acids is 1. The lowest BCUT2D eigenvalue weighted by Gasteiger charge is -2.30. The number of carbonyl (C=O) groups excluding carboxylic acids is 1. The lowest BCUT2D eigenvalue weighted by Crippen LogP contribution is -2.42. The van der Waals surface area contributed by atoms with Gasteiger partial charge in [-0.25, -0.2) is 0 Å². The molecule has 1 aromatic carbocycles. The monoisotopic (exact) mass is 357 g/mol. The van der Waals surface area contributed by atoms with E-state index in [0.29, 0.717) is 34.3 Å². The second-order valence-electron chi connectivity index (χ2n) is 5.31. The van der Waals surface area contributed by atoms with Gasteiger partial charge in [-0.1, -0.05) is 29.3 Å². The Bertz CT molecular complexity index is 759. The highest BCUT2D eigenvalue weighted by molar-refractivity contribution is 7.21. The number of halogens is 2. The Kier molecular flexibility index (Phi) is 4.30. The molecule has 7 heteroatoms. The molecule has 1 amide bonds. The first kappa shape index (κ1) is 15.6. The third-order valence-electron chi connectivity index (χ3n) is 3.84. The number of carboxylic acid groups (broad SMARTS) is 1. The van der Waals surface area contributed by atoms with Crippen LogP contribution in [0, 0.1) is 5.92 Å². The maximum atomic E-state index is 12.7. The topological polar surface area (TPSA) is 57.6 Å². The Morgan fingerprint density at radius 2 is 2.09 bits per heavy atom. The standard InChI is InChI=1S/C15H13Cl2NO3S/c16-9-3-4-10-11(6-9)22-13(12(10)17)14(19)18-5-1-2-8(7-18)15(20)21/h3-4,6,8H,1-2,5,7H2,(H,20,21)/t8-/m1/s1. The van der Waals surface area contributed by atoms with Gasteiger partial charge in [0.15, 0.2) is 0 Å². The number of fused-ring (bicyclic) bond motifs is 1. The fourth-order valence-corrected chi connectivity index (χ4v) is 4.44. The molecule has 1 aliphatic rings. The summed E-state index contributed by atoms with van der Waals surface area (Å²) in [6.07, 6.45) is 1.30. The number of piperidine rings is 1. The summed E-state index contributed by atoms with van der Waals surface area (Å²) in [5.74, 6) is -1.56. The van der Waals surface area contributed by atoms with Crippen LogP contribution in [0.4, 0.5) is 0 Å². The van der Waals surface area contributed by atoms with Crippen LogP contribution in [-0.2, 0) is 4.79 Å². The molecule has 1 fully saturated rings. The number of amides is 1. The summed E-state index contributed by atoms with van der Waals surface area (Å²) in [5.41, 5.74) is 0. The van der Waals surface area contributed by atoms with Crippen LogP contribution in [0.15, 0.2) is 18.2 Å². The molecule has 0 unspecified atom stereocenters. The smallest absolute Gasteiger partial charge is 0.308 e. The third-order valence-corrected chi connectivity index (χ3v) is 5.72. The first-order valence-electron chi connectivity index (χ1n) is 6.87. The number of benzene rings is 1. The number of thiophene rings is 1. The minimum atomic E-state index is -0.855. The molecular formula is C15H13Cl2NO3S. The molecule has 0 saturated carbocycles. The van der Waals surface area contributed by atoms with Gasteiger partial charge < -0.3 is 10.0 Å². The van der Waals surface area contributed by atoms with Crippen LogP contribution in [0.2, 0.25) is 10.0 Å². The van der Waals surface area contributed by atoms with Gasteiger partial charge in [0.2, 0.25) is 0 Å². The van der Waals surface area contributed by atoms with Gasteiger partial charge in [0.1, 0.15) is 4.88 Å². The molecule has 1 aromatic heterocycles. The largest absolute Gasteiger partial charge is 0.481 e. The van der Waals surface area contributed by atoms with E-state index in [1.54, 1.807) is 23.1 Å². The molecule has 1 N–H and O–H groups in total. The molecule has 1 aliphatic heterocycles. The normalized spacial score (nSPS) is 18.6. The van der Waals surface area contributed by atoms with E-state index in [0.717, 1.165) is 10.1 Å². The average molecular weight is 358 g/mol. The summed E-state index contributed by atoms with van der Waals surface area (Å²) in [5, 5.41) is 10.9. The van der Waals surface area contributed by atoms with Crippen molar-refractivity contribution in [3.05, 3.63) is 33.1 Å². The van der Waals surface area contributed by atoms with Crippen LogP contribution < -0.4 is 0 Å². The fraction of sp³-hybridized carbons (Fsp3) is 0.333. The van der Waals surface area contributed by atoms with E-state index in [-0.39, 0.29) is 12.5 Å².